The van der Waals surface area contributed by atoms with Crippen molar-refractivity contribution in [3.8, 4) is 28.9 Å². The second kappa shape index (κ2) is 10.5. The summed E-state index contributed by atoms with van der Waals surface area (Å²) in [5.74, 6) is -0.630. The van der Waals surface area contributed by atoms with Crippen molar-refractivity contribution in [2.75, 3.05) is 32.1 Å². The van der Waals surface area contributed by atoms with Gasteiger partial charge in [0.1, 0.15) is 46.7 Å². The Hall–Kier alpha value is -3.79. The molecule has 2 aliphatic heterocycles. The van der Waals surface area contributed by atoms with Crippen LogP contribution in [-0.2, 0) is 6.42 Å². The highest BCUT2D eigenvalue weighted by molar-refractivity contribution is 6.03. The van der Waals surface area contributed by atoms with Crippen LogP contribution in [0.1, 0.15) is 57.4 Å². The Bertz CT molecular complexity index is 1680. The Kier molecular flexibility index (Phi) is 6.76. The van der Waals surface area contributed by atoms with E-state index in [4.69, 9.17) is 9.47 Å². The molecule has 0 unspecified atom stereocenters. The minimum atomic E-state index is -0.713. The van der Waals surface area contributed by atoms with Gasteiger partial charge >= 0.3 is 6.01 Å². The predicted octanol–water partition coefficient (Wildman–Crippen LogP) is 6.37. The van der Waals surface area contributed by atoms with Crippen molar-refractivity contribution in [2.45, 2.75) is 69.9 Å². The lowest BCUT2D eigenvalue weighted by Gasteiger charge is -2.31. The van der Waals surface area contributed by atoms with Crippen molar-refractivity contribution in [3.05, 3.63) is 41.5 Å². The maximum absolute atomic E-state index is 16.7. The molecule has 220 valence electrons. The molecule has 8 nitrogen and oxygen atoms in total. The van der Waals surface area contributed by atoms with E-state index in [1.165, 1.54) is 12.1 Å². The Morgan fingerprint density at radius 2 is 1.83 bits per heavy atom. The normalized spacial score (nSPS) is 18.4. The van der Waals surface area contributed by atoms with Gasteiger partial charge in [-0.3, -0.25) is 4.90 Å². The number of aromatic hydroxyl groups is 1. The Morgan fingerprint density at radius 3 is 2.52 bits per heavy atom. The number of pyridine rings is 1. The molecule has 2 aromatic heterocycles. The zero-order valence-corrected chi connectivity index (χ0v) is 24.0. The molecule has 3 fully saturated rings. The van der Waals surface area contributed by atoms with Gasteiger partial charge in [0.15, 0.2) is 5.82 Å². The molecule has 4 heterocycles. The van der Waals surface area contributed by atoms with Gasteiger partial charge in [0, 0.05) is 12.6 Å². The highest BCUT2D eigenvalue weighted by atomic mass is 19.1. The van der Waals surface area contributed by atoms with Crippen LogP contribution < -0.4 is 14.8 Å². The number of hydrogen-bond donors (Lipinski definition) is 2. The molecule has 0 bridgehead atoms. The van der Waals surface area contributed by atoms with Crippen molar-refractivity contribution in [2.24, 2.45) is 0 Å². The van der Waals surface area contributed by atoms with Crippen LogP contribution in [0.4, 0.5) is 14.6 Å². The first kappa shape index (κ1) is 27.1. The fraction of sp³-hybridized carbons (Fsp3) is 0.469. The van der Waals surface area contributed by atoms with E-state index in [0.717, 1.165) is 58.0 Å². The number of benzene rings is 2. The topological polar surface area (TPSA) is 92.6 Å². The number of nitrogens with one attached hydrogen (secondary N) is 1. The molecule has 7 rings (SSSR count). The largest absolute Gasteiger partial charge is 0.508 e. The van der Waals surface area contributed by atoms with Gasteiger partial charge in [0.25, 0.3) is 0 Å². The van der Waals surface area contributed by atoms with Crippen LogP contribution in [0.25, 0.3) is 32.9 Å². The summed E-state index contributed by atoms with van der Waals surface area (Å²) < 4.78 is 44.2. The van der Waals surface area contributed by atoms with Crippen molar-refractivity contribution in [1.82, 2.24) is 19.9 Å². The number of phenolic OH excluding ortho intramolecular Hbond substituents is 1. The van der Waals surface area contributed by atoms with E-state index in [2.05, 4.69) is 25.2 Å². The summed E-state index contributed by atoms with van der Waals surface area (Å²) in [5.41, 5.74) is 0.602. The summed E-state index contributed by atoms with van der Waals surface area (Å²) in [5, 5.41) is 15.1. The third kappa shape index (κ3) is 4.38. The van der Waals surface area contributed by atoms with Gasteiger partial charge in [-0.15, -0.1) is 0 Å². The summed E-state index contributed by atoms with van der Waals surface area (Å²) in [6.45, 7) is 4.40. The van der Waals surface area contributed by atoms with Crippen molar-refractivity contribution in [1.29, 1.82) is 0 Å². The quantitative estimate of drug-likeness (QED) is 0.250. The molecule has 0 spiro atoms. The summed E-state index contributed by atoms with van der Waals surface area (Å²) in [6, 6.07) is 6.00. The fourth-order valence-corrected chi connectivity index (χ4v) is 6.97. The van der Waals surface area contributed by atoms with Crippen LogP contribution in [0, 0.1) is 11.6 Å². The van der Waals surface area contributed by atoms with Gasteiger partial charge in [-0.2, -0.15) is 9.97 Å². The first-order valence-electron chi connectivity index (χ1n) is 15.0. The first-order valence-corrected chi connectivity index (χ1v) is 15.0. The van der Waals surface area contributed by atoms with Gasteiger partial charge in [0.2, 0.25) is 5.88 Å². The van der Waals surface area contributed by atoms with Crippen LogP contribution in [-0.4, -0.2) is 63.3 Å². The minimum Gasteiger partial charge on any atom is -0.508 e. The molecule has 3 aliphatic rings. The molecule has 1 saturated carbocycles. The average molecular weight is 576 g/mol. The zero-order valence-electron chi connectivity index (χ0n) is 24.0. The van der Waals surface area contributed by atoms with Crippen LogP contribution in [0.3, 0.4) is 0 Å². The Balaban J connectivity index is 1.42. The molecule has 2 aromatic carbocycles. The monoisotopic (exact) mass is 575 g/mol. The number of ether oxygens (including phenoxy) is 2. The van der Waals surface area contributed by atoms with Crippen LogP contribution in [0.2, 0.25) is 0 Å². The zero-order chi connectivity index (χ0) is 29.0. The smallest absolute Gasteiger partial charge is 0.319 e. The molecule has 0 atom stereocenters. The van der Waals surface area contributed by atoms with E-state index < -0.39 is 11.6 Å². The molecular weight excluding hydrogens is 540 g/mol. The second-order valence-electron chi connectivity index (χ2n) is 11.8. The Morgan fingerprint density at radius 1 is 1.05 bits per heavy atom. The number of rotatable bonds is 8. The molecule has 4 aromatic rings. The molecule has 2 N–H and O–H groups in total. The van der Waals surface area contributed by atoms with E-state index in [-0.39, 0.29) is 46.1 Å². The number of phenols is 1. The predicted molar refractivity (Wildman–Crippen MR) is 157 cm³/mol. The lowest BCUT2D eigenvalue weighted by molar-refractivity contribution is 0.107. The number of anilines is 1. The molecule has 0 amide bonds. The number of fused-ring (bicyclic) bond motifs is 3. The van der Waals surface area contributed by atoms with Crippen LogP contribution >= 0.6 is 0 Å². The highest BCUT2D eigenvalue weighted by Crippen LogP contribution is 2.43. The third-order valence-electron chi connectivity index (χ3n) is 9.34. The molecular formula is C32H35F2N5O3. The molecule has 1 aliphatic carbocycles. The van der Waals surface area contributed by atoms with Gasteiger partial charge in [-0.1, -0.05) is 13.0 Å². The third-order valence-corrected chi connectivity index (χ3v) is 9.34. The number of aryl methyl sites for hydroxylation is 1. The maximum atomic E-state index is 16.7. The van der Waals surface area contributed by atoms with Crippen LogP contribution in [0.15, 0.2) is 24.3 Å². The Labute approximate surface area is 243 Å². The number of halogens is 2. The summed E-state index contributed by atoms with van der Waals surface area (Å²) in [7, 11) is 1.71. The lowest BCUT2D eigenvalue weighted by Crippen LogP contribution is -2.43. The number of nitrogens with zero attached hydrogens (tertiary/aromatic N) is 4. The van der Waals surface area contributed by atoms with Crippen LogP contribution in [0.5, 0.6) is 17.6 Å². The van der Waals surface area contributed by atoms with Gasteiger partial charge in [-0.05, 0) is 99.0 Å². The molecule has 10 heteroatoms. The lowest BCUT2D eigenvalue weighted by atomic mass is 9.94. The summed E-state index contributed by atoms with van der Waals surface area (Å²) >= 11 is 0. The van der Waals surface area contributed by atoms with Gasteiger partial charge in [-0.25, -0.2) is 13.8 Å². The van der Waals surface area contributed by atoms with Crippen molar-refractivity contribution >= 4 is 27.5 Å². The summed E-state index contributed by atoms with van der Waals surface area (Å²) in [4.78, 5) is 16.4. The first-order chi connectivity index (χ1) is 20.4. The molecule has 0 radical (unpaired) electrons. The fourth-order valence-electron chi connectivity index (χ4n) is 6.97. The van der Waals surface area contributed by atoms with E-state index in [1.54, 1.807) is 19.2 Å². The van der Waals surface area contributed by atoms with E-state index in [1.807, 2.05) is 6.92 Å². The number of hydrogen-bond acceptors (Lipinski definition) is 8. The molecule has 42 heavy (non-hydrogen) atoms. The van der Waals surface area contributed by atoms with E-state index in [9.17, 15) is 9.50 Å². The standard InChI is InChI=1S/C32H35F2N5O3/c1-3-21-23(33)10-9-18-15-19(40)16-22(24(18)21)27-26(34)28-25(30(36-27)42-20-7-4-8-20)29(35-2)38-31(37-28)41-17-32-11-5-13-39(32)14-6-12-32/h9-10,15-16,20,40H,3-8,11-14,17H2,1-2H3,(H,35,37,38). The number of aromatic nitrogens is 3. The van der Waals surface area contributed by atoms with Gasteiger partial charge < -0.3 is 19.9 Å². The van der Waals surface area contributed by atoms with E-state index in [0.29, 0.717) is 40.6 Å². The van der Waals surface area contributed by atoms with Crippen molar-refractivity contribution in [3.63, 3.8) is 0 Å². The second-order valence-corrected chi connectivity index (χ2v) is 11.8. The molecule has 2 saturated heterocycles. The van der Waals surface area contributed by atoms with Crippen molar-refractivity contribution < 1.29 is 23.4 Å². The maximum Gasteiger partial charge on any atom is 0.319 e. The average Bonchev–Trinajstić information content (AvgIpc) is 3.55. The van der Waals surface area contributed by atoms with Gasteiger partial charge in [0.05, 0.1) is 5.54 Å². The highest BCUT2D eigenvalue weighted by Gasteiger charge is 2.45. The van der Waals surface area contributed by atoms with E-state index >= 15 is 4.39 Å². The SMILES string of the molecule is CCc1c(F)ccc2cc(O)cc(-c3nc(OC4CCC4)c4c(NC)nc(OCC56CCCN5CCC6)nc4c3F)c12. The summed E-state index contributed by atoms with van der Waals surface area (Å²) in [6.07, 6.45) is 7.48. The minimum absolute atomic E-state index is 0.00168.